The summed E-state index contributed by atoms with van der Waals surface area (Å²) in [5.74, 6) is 1.41. The van der Waals surface area contributed by atoms with E-state index in [-0.39, 0.29) is 5.92 Å². The van der Waals surface area contributed by atoms with Gasteiger partial charge < -0.3 is 0 Å². The molecule has 2 rings (SSSR count). The van der Waals surface area contributed by atoms with Gasteiger partial charge in [0, 0.05) is 11.8 Å². The maximum atomic E-state index is 9.39. The molecule has 2 aromatic rings. The third-order valence-corrected chi connectivity index (χ3v) is 4.64. The number of hydrogen-bond acceptors (Lipinski definition) is 5. The summed E-state index contributed by atoms with van der Waals surface area (Å²) >= 11 is 13.8. The number of imidazole rings is 1. The summed E-state index contributed by atoms with van der Waals surface area (Å²) in [5, 5.41) is 10.3. The summed E-state index contributed by atoms with van der Waals surface area (Å²) in [6.45, 7) is 5.28. The van der Waals surface area contributed by atoms with Crippen LogP contribution in [-0.4, -0.2) is 34.2 Å². The van der Waals surface area contributed by atoms with Gasteiger partial charge in [-0.2, -0.15) is 5.26 Å². The summed E-state index contributed by atoms with van der Waals surface area (Å²) < 4.78 is 1.84. The minimum atomic E-state index is -0.372. The van der Waals surface area contributed by atoms with Gasteiger partial charge in [-0.1, -0.05) is 23.2 Å². The predicted molar refractivity (Wildman–Crippen MR) is 112 cm³/mol. The van der Waals surface area contributed by atoms with Crippen LogP contribution in [0.5, 0.6) is 0 Å². The van der Waals surface area contributed by atoms with Crippen molar-refractivity contribution in [3.05, 3.63) is 52.4 Å². The maximum Gasteiger partial charge on any atom is 0.145 e. The highest BCUT2D eigenvalue weighted by Crippen LogP contribution is 2.30. The second-order valence-corrected chi connectivity index (χ2v) is 6.90. The van der Waals surface area contributed by atoms with Gasteiger partial charge in [0.15, 0.2) is 0 Å². The van der Waals surface area contributed by atoms with E-state index in [1.54, 1.807) is 42.4 Å². The predicted octanol–water partition coefficient (Wildman–Crippen LogP) is 5.27. The lowest BCUT2D eigenvalue weighted by Crippen LogP contribution is -2.16. The van der Waals surface area contributed by atoms with Crippen LogP contribution >= 0.6 is 35.0 Å². The average Bonchev–Trinajstić information content (AvgIpc) is 3.08. The zero-order chi connectivity index (χ0) is 19.1. The van der Waals surface area contributed by atoms with Gasteiger partial charge >= 0.3 is 0 Å². The van der Waals surface area contributed by atoms with Crippen LogP contribution in [0.4, 0.5) is 0 Å². The SMILES string of the molecule is C=N/C=C\C(=NCSC)n1c(C(C)C#N)cnc1-c1ccc(Cl)c(Cl)c1. The zero-order valence-corrected chi connectivity index (χ0v) is 16.7. The molecule has 0 spiro atoms. The number of rotatable bonds is 6. The van der Waals surface area contributed by atoms with E-state index in [4.69, 9.17) is 23.2 Å². The van der Waals surface area contributed by atoms with E-state index >= 15 is 0 Å². The fourth-order valence-corrected chi connectivity index (χ4v) is 2.82. The largest absolute Gasteiger partial charge is 0.280 e. The molecule has 8 heteroatoms. The molecule has 5 nitrogen and oxygen atoms in total. The second kappa shape index (κ2) is 9.58. The number of allylic oxidation sites excluding steroid dienone is 1. The van der Waals surface area contributed by atoms with Gasteiger partial charge in [0.1, 0.15) is 11.7 Å². The van der Waals surface area contributed by atoms with E-state index in [1.807, 2.05) is 23.8 Å². The lowest BCUT2D eigenvalue weighted by molar-refractivity contribution is 0.890. The first-order valence-corrected chi connectivity index (χ1v) is 9.77. The Balaban J connectivity index is 2.72. The quantitative estimate of drug-likeness (QED) is 0.485. The molecule has 1 aromatic heterocycles. The van der Waals surface area contributed by atoms with Crippen LogP contribution < -0.4 is 0 Å². The summed E-state index contributed by atoms with van der Waals surface area (Å²) in [5.41, 5.74) is 1.50. The van der Waals surface area contributed by atoms with Crippen LogP contribution in [-0.2, 0) is 0 Å². The Bertz CT molecular complexity index is 895. The minimum absolute atomic E-state index is 0.372. The van der Waals surface area contributed by atoms with Crippen molar-refractivity contribution in [3.63, 3.8) is 0 Å². The van der Waals surface area contributed by atoms with E-state index < -0.39 is 0 Å². The Morgan fingerprint density at radius 1 is 1.46 bits per heavy atom. The van der Waals surface area contributed by atoms with E-state index in [0.717, 1.165) is 11.3 Å². The molecule has 134 valence electrons. The Morgan fingerprint density at radius 3 is 2.85 bits per heavy atom. The third-order valence-electron chi connectivity index (χ3n) is 3.52. The Hall–Kier alpha value is -2.07. The Morgan fingerprint density at radius 2 is 2.23 bits per heavy atom. The van der Waals surface area contributed by atoms with Crippen molar-refractivity contribution in [2.24, 2.45) is 9.98 Å². The summed E-state index contributed by atoms with van der Waals surface area (Å²) in [4.78, 5) is 12.9. The first kappa shape index (κ1) is 20.2. The minimum Gasteiger partial charge on any atom is -0.280 e. The molecule has 0 saturated carbocycles. The Labute approximate surface area is 167 Å². The van der Waals surface area contributed by atoms with Crippen molar-refractivity contribution in [2.45, 2.75) is 12.8 Å². The van der Waals surface area contributed by atoms with Crippen molar-refractivity contribution < 1.29 is 0 Å². The number of nitriles is 1. The highest BCUT2D eigenvalue weighted by Gasteiger charge is 2.20. The monoisotopic (exact) mass is 405 g/mol. The highest BCUT2D eigenvalue weighted by molar-refractivity contribution is 7.98. The van der Waals surface area contributed by atoms with Gasteiger partial charge in [-0.25, -0.2) is 4.98 Å². The fraction of sp³-hybridized carbons (Fsp3) is 0.222. The zero-order valence-electron chi connectivity index (χ0n) is 14.4. The number of hydrogen-bond donors (Lipinski definition) is 0. The third kappa shape index (κ3) is 4.55. The van der Waals surface area contributed by atoms with Gasteiger partial charge in [-0.3, -0.25) is 14.6 Å². The second-order valence-electron chi connectivity index (χ2n) is 5.25. The molecule has 0 aliphatic rings. The Kier molecular flexibility index (Phi) is 7.46. The average molecular weight is 406 g/mol. The lowest BCUT2D eigenvalue weighted by Gasteiger charge is -2.14. The van der Waals surface area contributed by atoms with Crippen LogP contribution in [0.2, 0.25) is 10.0 Å². The van der Waals surface area contributed by atoms with Gasteiger partial charge in [-0.15, -0.1) is 11.8 Å². The number of halogens is 2. The van der Waals surface area contributed by atoms with Crippen LogP contribution in [0.25, 0.3) is 11.4 Å². The molecular weight excluding hydrogens is 389 g/mol. The number of aromatic nitrogens is 2. The van der Waals surface area contributed by atoms with Gasteiger partial charge in [0.25, 0.3) is 0 Å². The molecular formula is C18H17Cl2N5S. The number of aliphatic imine (C=N–C) groups is 2. The number of nitrogens with zero attached hydrogens (tertiary/aromatic N) is 5. The van der Waals surface area contributed by atoms with Crippen molar-refractivity contribution in [1.29, 1.82) is 5.26 Å². The standard InChI is InChI=1S/C18H17Cl2N5S/c1-12(9-21)16-10-23-18(13-4-5-14(19)15(20)8-13)25(16)17(6-7-22-2)24-11-26-3/h4-8,10,12H,2,11H2,1,3H3/b7-6-,24-17?. The molecule has 0 radical (unpaired) electrons. The van der Waals surface area contributed by atoms with E-state index in [0.29, 0.717) is 27.6 Å². The van der Waals surface area contributed by atoms with Crippen molar-refractivity contribution in [1.82, 2.24) is 9.55 Å². The normalized spacial score (nSPS) is 13.0. The fourth-order valence-electron chi connectivity index (χ4n) is 2.26. The molecule has 1 unspecified atom stereocenters. The van der Waals surface area contributed by atoms with E-state index in [9.17, 15) is 5.26 Å². The smallest absolute Gasteiger partial charge is 0.145 e. The molecule has 1 atom stereocenters. The maximum absolute atomic E-state index is 9.39. The number of benzene rings is 1. The van der Waals surface area contributed by atoms with Gasteiger partial charge in [-0.05, 0) is 44.2 Å². The summed E-state index contributed by atoms with van der Waals surface area (Å²) in [6.07, 6.45) is 6.93. The summed E-state index contributed by atoms with van der Waals surface area (Å²) in [6, 6.07) is 7.53. The van der Waals surface area contributed by atoms with Crippen LogP contribution in [0.1, 0.15) is 18.5 Å². The topological polar surface area (TPSA) is 66.3 Å². The molecule has 1 heterocycles. The number of thioether (sulfide) groups is 1. The highest BCUT2D eigenvalue weighted by atomic mass is 35.5. The van der Waals surface area contributed by atoms with E-state index in [1.165, 1.54) is 0 Å². The van der Waals surface area contributed by atoms with Crippen LogP contribution in [0.3, 0.4) is 0 Å². The molecule has 0 bridgehead atoms. The van der Waals surface area contributed by atoms with Crippen molar-refractivity contribution in [3.8, 4) is 17.5 Å². The van der Waals surface area contributed by atoms with Crippen LogP contribution in [0, 0.1) is 11.3 Å². The molecule has 0 saturated heterocycles. The molecule has 26 heavy (non-hydrogen) atoms. The van der Waals surface area contributed by atoms with Crippen molar-refractivity contribution >= 4 is 47.5 Å². The first-order valence-electron chi connectivity index (χ1n) is 7.62. The molecule has 0 fully saturated rings. The molecule has 0 aliphatic heterocycles. The molecule has 0 aliphatic carbocycles. The van der Waals surface area contributed by atoms with Crippen LogP contribution in [0.15, 0.2) is 46.7 Å². The van der Waals surface area contributed by atoms with Gasteiger partial charge in [0.05, 0.1) is 39.8 Å². The molecule has 1 aromatic carbocycles. The van der Waals surface area contributed by atoms with E-state index in [2.05, 4.69) is 27.8 Å². The molecule has 0 N–H and O–H groups in total. The lowest BCUT2D eigenvalue weighted by atomic mass is 10.1. The van der Waals surface area contributed by atoms with Crippen molar-refractivity contribution in [2.75, 3.05) is 12.1 Å². The first-order chi connectivity index (χ1) is 12.5. The summed E-state index contributed by atoms with van der Waals surface area (Å²) in [7, 11) is 0. The molecule has 0 amide bonds. The van der Waals surface area contributed by atoms with Gasteiger partial charge in [0.2, 0.25) is 0 Å².